The molecular weight excluding hydrogens is 368 g/mol. The lowest BCUT2D eigenvalue weighted by Crippen LogP contribution is -2.19. The first-order valence-electron chi connectivity index (χ1n) is 10.3. The lowest BCUT2D eigenvalue weighted by Gasteiger charge is -2.30. The molecule has 7 rings (SSSR count). The number of oxime groups is 1. The van der Waals surface area contributed by atoms with E-state index in [2.05, 4.69) is 89.0 Å². The van der Waals surface area contributed by atoms with Crippen molar-refractivity contribution in [2.24, 2.45) is 5.16 Å². The van der Waals surface area contributed by atoms with Crippen molar-refractivity contribution < 1.29 is 5.21 Å². The molecule has 142 valence electrons. The minimum Gasteiger partial charge on any atom is -0.411 e. The Morgan fingerprint density at radius 1 is 0.867 bits per heavy atom. The summed E-state index contributed by atoms with van der Waals surface area (Å²) in [6, 6.07) is 21.2. The average molecular weight is 386 g/mol. The smallest absolute Gasteiger partial charge is 0.0993 e. The third-order valence-electron chi connectivity index (χ3n) is 6.86. The number of H-pyrrole nitrogens is 1. The van der Waals surface area contributed by atoms with Gasteiger partial charge in [0.25, 0.3) is 0 Å². The topological polar surface area (TPSA) is 48.4 Å². The summed E-state index contributed by atoms with van der Waals surface area (Å²) in [5.74, 6) is 0.0952. The fourth-order valence-corrected chi connectivity index (χ4v) is 5.71. The molecule has 0 saturated carbocycles. The van der Waals surface area contributed by atoms with Gasteiger partial charge in [-0.25, -0.2) is 0 Å². The average Bonchev–Trinajstić information content (AvgIpc) is 3.35. The quantitative estimate of drug-likeness (QED) is 0.271. The highest BCUT2D eigenvalue weighted by Gasteiger charge is 2.44. The molecule has 30 heavy (non-hydrogen) atoms. The van der Waals surface area contributed by atoms with Gasteiger partial charge >= 0.3 is 0 Å². The molecule has 2 unspecified atom stereocenters. The number of fused-ring (bicyclic) bond motifs is 11. The van der Waals surface area contributed by atoms with Crippen LogP contribution in [0.3, 0.4) is 0 Å². The van der Waals surface area contributed by atoms with Gasteiger partial charge in [-0.15, -0.1) is 0 Å². The molecule has 3 aromatic carbocycles. The highest BCUT2D eigenvalue weighted by atomic mass is 16.4. The van der Waals surface area contributed by atoms with Crippen LogP contribution in [0.25, 0.3) is 27.2 Å². The Kier molecular flexibility index (Phi) is 2.99. The summed E-state index contributed by atoms with van der Waals surface area (Å²) in [6.45, 7) is 0. The Morgan fingerprint density at radius 3 is 2.60 bits per heavy atom. The highest BCUT2D eigenvalue weighted by molar-refractivity contribution is 6.24. The van der Waals surface area contributed by atoms with Gasteiger partial charge in [0.1, 0.15) is 0 Å². The van der Waals surface area contributed by atoms with E-state index in [4.69, 9.17) is 0 Å². The van der Waals surface area contributed by atoms with Crippen molar-refractivity contribution in [2.75, 3.05) is 0 Å². The Bertz CT molecular complexity index is 1510. The fraction of sp³-hybridized carbons (Fsp3) is 0.0741. The molecule has 0 bridgehead atoms. The van der Waals surface area contributed by atoms with Crippen LogP contribution in [-0.4, -0.2) is 15.9 Å². The molecule has 3 heteroatoms. The minimum absolute atomic E-state index is 0.0793. The molecule has 0 fully saturated rings. The molecular formula is C27H18N2O. The molecule has 4 aromatic rings. The third kappa shape index (κ3) is 1.83. The molecule has 3 nitrogen and oxygen atoms in total. The zero-order valence-corrected chi connectivity index (χ0v) is 16.1. The normalized spacial score (nSPS) is 22.5. The molecule has 1 heterocycles. The van der Waals surface area contributed by atoms with Crippen molar-refractivity contribution in [2.45, 2.75) is 11.8 Å². The first kappa shape index (κ1) is 16.0. The number of allylic oxidation sites excluding steroid dienone is 6. The number of hydrogen-bond acceptors (Lipinski definition) is 2. The number of aromatic amines is 1. The molecule has 3 aliphatic rings. The van der Waals surface area contributed by atoms with Crippen molar-refractivity contribution in [1.29, 1.82) is 0 Å². The second-order valence-electron chi connectivity index (χ2n) is 8.22. The van der Waals surface area contributed by atoms with E-state index in [1.165, 1.54) is 44.1 Å². The molecule has 3 aliphatic carbocycles. The van der Waals surface area contributed by atoms with E-state index < -0.39 is 0 Å². The van der Waals surface area contributed by atoms with Crippen LogP contribution in [0.2, 0.25) is 0 Å². The van der Waals surface area contributed by atoms with Crippen LogP contribution >= 0.6 is 0 Å². The zero-order valence-electron chi connectivity index (χ0n) is 16.1. The summed E-state index contributed by atoms with van der Waals surface area (Å²) >= 11 is 0. The van der Waals surface area contributed by atoms with Crippen molar-refractivity contribution in [3.63, 3.8) is 0 Å². The van der Waals surface area contributed by atoms with E-state index in [0.717, 1.165) is 16.8 Å². The number of aromatic nitrogens is 1. The van der Waals surface area contributed by atoms with Gasteiger partial charge in [0, 0.05) is 28.1 Å². The lowest BCUT2D eigenvalue weighted by molar-refractivity contribution is 0.318. The molecule has 2 N–H and O–H groups in total. The fourth-order valence-electron chi connectivity index (χ4n) is 5.71. The van der Waals surface area contributed by atoms with Crippen LogP contribution in [-0.2, 0) is 0 Å². The number of nitrogens with zero attached hydrogens (tertiary/aromatic N) is 1. The van der Waals surface area contributed by atoms with Crippen LogP contribution in [0.5, 0.6) is 0 Å². The first-order valence-corrected chi connectivity index (χ1v) is 10.3. The Hall–Kier alpha value is -3.85. The van der Waals surface area contributed by atoms with Gasteiger partial charge in [-0.1, -0.05) is 84.1 Å². The third-order valence-corrected chi connectivity index (χ3v) is 6.86. The highest BCUT2D eigenvalue weighted by Crippen LogP contribution is 2.56. The first-order chi connectivity index (χ1) is 14.9. The molecule has 0 amide bonds. The molecule has 0 radical (unpaired) electrons. The second-order valence-corrected chi connectivity index (χ2v) is 8.22. The molecule has 0 saturated heterocycles. The van der Waals surface area contributed by atoms with Gasteiger partial charge in [0.15, 0.2) is 0 Å². The molecule has 0 spiro atoms. The van der Waals surface area contributed by atoms with Gasteiger partial charge in [-0.2, -0.15) is 0 Å². The van der Waals surface area contributed by atoms with Gasteiger partial charge in [0.2, 0.25) is 0 Å². The monoisotopic (exact) mass is 386 g/mol. The maximum Gasteiger partial charge on any atom is 0.0993 e. The van der Waals surface area contributed by atoms with Crippen LogP contribution in [0.1, 0.15) is 34.2 Å². The number of rotatable bonds is 0. The van der Waals surface area contributed by atoms with Gasteiger partial charge in [-0.3, -0.25) is 0 Å². The van der Waals surface area contributed by atoms with Crippen molar-refractivity contribution in [1.82, 2.24) is 4.98 Å². The SMILES string of the molecule is O/N=C1\c2ccccc2C2=C3C=CC=CC3c3[nH]c4ccc5ccccc5c4c3C21. The Labute approximate surface area is 173 Å². The van der Waals surface area contributed by atoms with E-state index in [1.54, 1.807) is 0 Å². The standard InChI is InChI=1S/C27H18N2O/c30-29-27-20-12-6-4-10-18(20)22-17-9-3-5-11-19(17)26-25(24(22)27)23-16-8-2-1-7-15(16)13-14-21(23)28-26/h1-14,19,24,28,30H/b29-27+. The Balaban J connectivity index is 1.68. The van der Waals surface area contributed by atoms with Crippen LogP contribution in [0.15, 0.2) is 95.7 Å². The van der Waals surface area contributed by atoms with Crippen LogP contribution < -0.4 is 0 Å². The number of hydrogen-bond donors (Lipinski definition) is 2. The Morgan fingerprint density at radius 2 is 1.70 bits per heavy atom. The van der Waals surface area contributed by atoms with Gasteiger partial charge in [0.05, 0.1) is 11.6 Å². The summed E-state index contributed by atoms with van der Waals surface area (Å²) in [6.07, 6.45) is 8.72. The van der Waals surface area contributed by atoms with Crippen molar-refractivity contribution in [3.05, 3.63) is 113 Å². The summed E-state index contributed by atoms with van der Waals surface area (Å²) in [7, 11) is 0. The van der Waals surface area contributed by atoms with Gasteiger partial charge in [-0.05, 0) is 39.1 Å². The minimum atomic E-state index is -0.0793. The van der Waals surface area contributed by atoms with Crippen molar-refractivity contribution in [3.8, 4) is 0 Å². The van der Waals surface area contributed by atoms with Crippen molar-refractivity contribution >= 4 is 33.0 Å². The maximum atomic E-state index is 10.1. The van der Waals surface area contributed by atoms with E-state index in [9.17, 15) is 5.21 Å². The maximum absolute atomic E-state index is 10.1. The van der Waals surface area contributed by atoms with Crippen LogP contribution in [0, 0.1) is 0 Å². The van der Waals surface area contributed by atoms with Gasteiger partial charge < -0.3 is 10.2 Å². The predicted octanol–water partition coefficient (Wildman–Crippen LogP) is 6.27. The van der Waals surface area contributed by atoms with E-state index in [1.807, 2.05) is 6.07 Å². The van der Waals surface area contributed by atoms with E-state index in [0.29, 0.717) is 0 Å². The zero-order chi connectivity index (χ0) is 19.8. The van der Waals surface area contributed by atoms with E-state index in [-0.39, 0.29) is 11.8 Å². The predicted molar refractivity (Wildman–Crippen MR) is 121 cm³/mol. The summed E-state index contributed by atoms with van der Waals surface area (Å²) < 4.78 is 0. The van der Waals surface area contributed by atoms with Crippen LogP contribution in [0.4, 0.5) is 0 Å². The molecule has 1 aromatic heterocycles. The largest absolute Gasteiger partial charge is 0.411 e. The summed E-state index contributed by atoms with van der Waals surface area (Å²) in [5.41, 5.74) is 9.09. The summed E-state index contributed by atoms with van der Waals surface area (Å²) in [5, 5.41) is 17.7. The molecule has 0 aliphatic heterocycles. The second kappa shape index (κ2) is 5.61. The summed E-state index contributed by atoms with van der Waals surface area (Å²) in [4.78, 5) is 3.74. The number of benzene rings is 3. The molecule has 2 atom stereocenters. The lowest BCUT2D eigenvalue weighted by atomic mass is 9.73. The van der Waals surface area contributed by atoms with E-state index >= 15 is 0 Å². The number of nitrogens with one attached hydrogen (secondary N) is 1.